The molecule has 0 spiro atoms. The van der Waals surface area contributed by atoms with Gasteiger partial charge in [0.15, 0.2) is 5.82 Å². The average Bonchev–Trinajstić information content (AvgIpc) is 2.31. The molecule has 1 heterocycles. The van der Waals surface area contributed by atoms with Crippen molar-refractivity contribution in [2.24, 2.45) is 0 Å². The predicted molar refractivity (Wildman–Crippen MR) is 56.3 cm³/mol. The molecule has 0 radical (unpaired) electrons. The van der Waals surface area contributed by atoms with Crippen LogP contribution in [0.5, 0.6) is 5.75 Å². The van der Waals surface area contributed by atoms with Gasteiger partial charge < -0.3 is 4.74 Å². The van der Waals surface area contributed by atoms with E-state index in [1.807, 2.05) is 0 Å². The molecule has 0 aliphatic rings. The Bertz CT molecular complexity index is 597. The zero-order valence-electron chi connectivity index (χ0n) is 9.21. The number of hydrogen-bond donors (Lipinski definition) is 0. The number of benzene rings is 1. The molecular weight excluding hydrogens is 269 g/mol. The predicted octanol–water partition coefficient (Wildman–Crippen LogP) is 3.93. The summed E-state index contributed by atoms with van der Waals surface area (Å²) in [6, 6.07) is 5.89. The normalized spacial score (nSPS) is 11.4. The zero-order valence-corrected chi connectivity index (χ0v) is 9.21. The van der Waals surface area contributed by atoms with Gasteiger partial charge in [-0.15, -0.1) is 13.2 Å². The van der Waals surface area contributed by atoms with Crippen molar-refractivity contribution in [2.75, 3.05) is 0 Å². The van der Waals surface area contributed by atoms with E-state index < -0.39 is 23.9 Å². The van der Waals surface area contributed by atoms with Crippen LogP contribution in [0.1, 0.15) is 0 Å². The summed E-state index contributed by atoms with van der Waals surface area (Å²) in [4.78, 5) is 3.11. The Hall–Kier alpha value is -2.18. The van der Waals surface area contributed by atoms with E-state index in [-0.39, 0.29) is 11.1 Å². The Kier molecular flexibility index (Phi) is 3.37. The summed E-state index contributed by atoms with van der Waals surface area (Å²) in [5.74, 6) is -3.08. The molecule has 2 aromatic rings. The Balaban J connectivity index is 2.47. The second-order valence-electron chi connectivity index (χ2n) is 3.54. The van der Waals surface area contributed by atoms with E-state index in [2.05, 4.69) is 9.72 Å². The van der Waals surface area contributed by atoms with E-state index in [0.29, 0.717) is 0 Å². The van der Waals surface area contributed by atoms with Crippen LogP contribution >= 0.6 is 0 Å². The van der Waals surface area contributed by atoms with Crippen LogP contribution in [0, 0.1) is 11.8 Å². The van der Waals surface area contributed by atoms with Crippen LogP contribution in [0.25, 0.3) is 11.1 Å². The van der Waals surface area contributed by atoms with E-state index in [4.69, 9.17) is 0 Å². The second kappa shape index (κ2) is 4.83. The molecule has 7 heteroatoms. The molecule has 1 aromatic heterocycles. The number of rotatable bonds is 2. The third-order valence-electron chi connectivity index (χ3n) is 2.22. The summed E-state index contributed by atoms with van der Waals surface area (Å²) in [6.07, 6.45) is -3.95. The van der Waals surface area contributed by atoms with E-state index in [9.17, 15) is 22.0 Å². The van der Waals surface area contributed by atoms with Crippen LogP contribution in [0.3, 0.4) is 0 Å². The maximum absolute atomic E-state index is 13.0. The number of aromatic nitrogens is 1. The van der Waals surface area contributed by atoms with Crippen LogP contribution in [0.4, 0.5) is 22.0 Å². The first-order valence-corrected chi connectivity index (χ1v) is 5.03. The van der Waals surface area contributed by atoms with Gasteiger partial charge in [-0.1, -0.05) is 18.2 Å². The topological polar surface area (TPSA) is 22.1 Å². The fourth-order valence-corrected chi connectivity index (χ4v) is 1.49. The first kappa shape index (κ1) is 13.3. The summed E-state index contributed by atoms with van der Waals surface area (Å²) in [6.45, 7) is 0. The molecule has 100 valence electrons. The minimum Gasteiger partial charge on any atom is -0.405 e. The van der Waals surface area contributed by atoms with Crippen molar-refractivity contribution in [1.82, 2.24) is 4.98 Å². The van der Waals surface area contributed by atoms with Crippen LogP contribution in [-0.2, 0) is 0 Å². The van der Waals surface area contributed by atoms with E-state index in [0.717, 1.165) is 18.3 Å². The molecule has 2 rings (SSSR count). The van der Waals surface area contributed by atoms with E-state index in [1.54, 1.807) is 0 Å². The van der Waals surface area contributed by atoms with Crippen LogP contribution in [0.15, 0.2) is 36.5 Å². The maximum atomic E-state index is 13.0. The minimum atomic E-state index is -4.87. The van der Waals surface area contributed by atoms with Crippen molar-refractivity contribution < 1.29 is 26.7 Å². The number of para-hydroxylation sites is 1. The third kappa shape index (κ3) is 3.18. The molecule has 0 bridgehead atoms. The summed E-state index contributed by atoms with van der Waals surface area (Å²) in [5, 5.41) is 0. The van der Waals surface area contributed by atoms with Crippen molar-refractivity contribution >= 4 is 0 Å². The Morgan fingerprint density at radius 2 is 1.74 bits per heavy atom. The summed E-state index contributed by atoms with van der Waals surface area (Å²) in [5.41, 5.74) is -0.0509. The summed E-state index contributed by atoms with van der Waals surface area (Å²) >= 11 is 0. The zero-order chi connectivity index (χ0) is 14.0. The molecule has 1 aromatic carbocycles. The Labute approximate surface area is 104 Å². The average molecular weight is 275 g/mol. The number of ether oxygens (including phenoxy) is 1. The molecule has 0 saturated carbocycles. The lowest BCUT2D eigenvalue weighted by atomic mass is 10.1. The Morgan fingerprint density at radius 3 is 2.37 bits per heavy atom. The first-order chi connectivity index (χ1) is 8.87. The summed E-state index contributed by atoms with van der Waals surface area (Å²) < 4.78 is 66.2. The van der Waals surface area contributed by atoms with Gasteiger partial charge in [0.05, 0.1) is 0 Å². The van der Waals surface area contributed by atoms with Gasteiger partial charge in [-0.3, -0.25) is 0 Å². The highest BCUT2D eigenvalue weighted by atomic mass is 19.4. The van der Waals surface area contributed by atoms with E-state index in [1.165, 1.54) is 18.2 Å². The SMILES string of the molecule is Fc1cc(-c2ccccc2OC(F)(F)F)cnc1F. The molecule has 0 fully saturated rings. The molecule has 2 nitrogen and oxygen atoms in total. The van der Waals surface area contributed by atoms with Crippen LogP contribution in [-0.4, -0.2) is 11.3 Å². The van der Waals surface area contributed by atoms with E-state index >= 15 is 0 Å². The molecule has 19 heavy (non-hydrogen) atoms. The highest BCUT2D eigenvalue weighted by Crippen LogP contribution is 2.33. The maximum Gasteiger partial charge on any atom is 0.573 e. The van der Waals surface area contributed by atoms with Crippen molar-refractivity contribution in [3.63, 3.8) is 0 Å². The highest BCUT2D eigenvalue weighted by Gasteiger charge is 2.32. The smallest absolute Gasteiger partial charge is 0.405 e. The van der Waals surface area contributed by atoms with Gasteiger partial charge in [-0.25, -0.2) is 9.37 Å². The largest absolute Gasteiger partial charge is 0.573 e. The van der Waals surface area contributed by atoms with Crippen molar-refractivity contribution in [1.29, 1.82) is 0 Å². The van der Waals surface area contributed by atoms with Crippen LogP contribution in [0.2, 0.25) is 0 Å². The quantitative estimate of drug-likeness (QED) is 0.612. The summed E-state index contributed by atoms with van der Waals surface area (Å²) in [7, 11) is 0. The Morgan fingerprint density at radius 1 is 1.05 bits per heavy atom. The van der Waals surface area contributed by atoms with Gasteiger partial charge in [0, 0.05) is 17.3 Å². The number of halogens is 5. The fourth-order valence-electron chi connectivity index (χ4n) is 1.49. The lowest BCUT2D eigenvalue weighted by Crippen LogP contribution is -2.17. The highest BCUT2D eigenvalue weighted by molar-refractivity contribution is 5.69. The molecule has 0 unspecified atom stereocenters. The van der Waals surface area contributed by atoms with Crippen LogP contribution < -0.4 is 4.74 Å². The third-order valence-corrected chi connectivity index (χ3v) is 2.22. The van der Waals surface area contributed by atoms with Gasteiger partial charge >= 0.3 is 6.36 Å². The van der Waals surface area contributed by atoms with Gasteiger partial charge in [0.1, 0.15) is 5.75 Å². The first-order valence-electron chi connectivity index (χ1n) is 5.03. The number of hydrogen-bond acceptors (Lipinski definition) is 2. The molecule has 0 aliphatic heterocycles. The van der Waals surface area contributed by atoms with Gasteiger partial charge in [-0.05, 0) is 12.1 Å². The van der Waals surface area contributed by atoms with Crippen molar-refractivity contribution in [3.05, 3.63) is 48.3 Å². The van der Waals surface area contributed by atoms with Crippen molar-refractivity contribution in [2.45, 2.75) is 6.36 Å². The fraction of sp³-hybridized carbons (Fsp3) is 0.0833. The number of pyridine rings is 1. The molecule has 0 atom stereocenters. The monoisotopic (exact) mass is 275 g/mol. The molecule has 0 aliphatic carbocycles. The minimum absolute atomic E-state index is 0.0150. The van der Waals surface area contributed by atoms with Gasteiger partial charge in [-0.2, -0.15) is 4.39 Å². The lowest BCUT2D eigenvalue weighted by Gasteiger charge is -2.13. The molecule has 0 amide bonds. The molecule has 0 saturated heterocycles. The lowest BCUT2D eigenvalue weighted by molar-refractivity contribution is -0.274. The second-order valence-corrected chi connectivity index (χ2v) is 3.54. The number of alkyl halides is 3. The van der Waals surface area contributed by atoms with Crippen molar-refractivity contribution in [3.8, 4) is 16.9 Å². The molecular formula is C12H6F5NO. The van der Waals surface area contributed by atoms with Gasteiger partial charge in [0.25, 0.3) is 0 Å². The van der Waals surface area contributed by atoms with Gasteiger partial charge in [0.2, 0.25) is 5.95 Å². The molecule has 0 N–H and O–H groups in total. The standard InChI is InChI=1S/C12H6F5NO/c13-9-5-7(6-18-11(9)14)8-3-1-2-4-10(8)19-12(15,16)17/h1-6H. The number of nitrogens with zero attached hydrogens (tertiary/aromatic N) is 1.